The molecule has 0 aliphatic carbocycles. The number of methoxy groups -OCH3 is 1. The van der Waals surface area contributed by atoms with Crippen molar-refractivity contribution in [2.45, 2.75) is 33.0 Å². The van der Waals surface area contributed by atoms with Gasteiger partial charge in [-0.3, -0.25) is 9.69 Å². The molecule has 0 aliphatic heterocycles. The van der Waals surface area contributed by atoms with E-state index in [9.17, 15) is 9.18 Å². The monoisotopic (exact) mass is 268 g/mol. The predicted molar refractivity (Wildman–Crippen MR) is 71.9 cm³/mol. The van der Waals surface area contributed by atoms with Crippen LogP contribution in [0.4, 0.5) is 4.39 Å². The van der Waals surface area contributed by atoms with Crippen molar-refractivity contribution < 1.29 is 13.9 Å². The average molecular weight is 268 g/mol. The second-order valence-corrected chi connectivity index (χ2v) is 4.69. The fraction of sp³-hybridized carbons (Fsp3) is 0.500. The summed E-state index contributed by atoms with van der Waals surface area (Å²) in [5, 5.41) is 0. The van der Waals surface area contributed by atoms with Gasteiger partial charge < -0.3 is 10.5 Å². The Labute approximate surface area is 113 Å². The van der Waals surface area contributed by atoms with Gasteiger partial charge in [-0.15, -0.1) is 0 Å². The van der Waals surface area contributed by atoms with Crippen molar-refractivity contribution in [3.8, 4) is 0 Å². The van der Waals surface area contributed by atoms with Gasteiger partial charge in [0, 0.05) is 19.1 Å². The van der Waals surface area contributed by atoms with Gasteiger partial charge in [-0.1, -0.05) is 6.07 Å². The maximum Gasteiger partial charge on any atom is 0.319 e. The van der Waals surface area contributed by atoms with Gasteiger partial charge in [-0.2, -0.15) is 0 Å². The molecule has 1 aromatic rings. The normalized spacial score (nSPS) is 11.1. The lowest BCUT2D eigenvalue weighted by atomic mass is 10.1. The van der Waals surface area contributed by atoms with E-state index in [1.165, 1.54) is 19.2 Å². The number of hydrogen-bond donors (Lipinski definition) is 1. The van der Waals surface area contributed by atoms with Crippen LogP contribution in [0.3, 0.4) is 0 Å². The van der Waals surface area contributed by atoms with Gasteiger partial charge in [-0.25, -0.2) is 4.39 Å². The summed E-state index contributed by atoms with van der Waals surface area (Å²) in [6.07, 6.45) is 0. The molecule has 0 unspecified atom stereocenters. The van der Waals surface area contributed by atoms with E-state index < -0.39 is 0 Å². The van der Waals surface area contributed by atoms with Gasteiger partial charge in [0.25, 0.3) is 0 Å². The lowest BCUT2D eigenvalue weighted by Crippen LogP contribution is -2.36. The molecule has 0 amide bonds. The van der Waals surface area contributed by atoms with E-state index in [1.54, 1.807) is 6.07 Å². The van der Waals surface area contributed by atoms with Gasteiger partial charge in [0.1, 0.15) is 5.82 Å². The molecule has 1 rings (SSSR count). The number of rotatable bonds is 6. The Morgan fingerprint density at radius 1 is 1.42 bits per heavy atom. The van der Waals surface area contributed by atoms with E-state index in [-0.39, 0.29) is 24.4 Å². The summed E-state index contributed by atoms with van der Waals surface area (Å²) in [4.78, 5) is 13.3. The quantitative estimate of drug-likeness (QED) is 0.797. The van der Waals surface area contributed by atoms with Gasteiger partial charge in [0.15, 0.2) is 0 Å². The van der Waals surface area contributed by atoms with Crippen molar-refractivity contribution in [3.05, 3.63) is 35.1 Å². The number of benzene rings is 1. The van der Waals surface area contributed by atoms with Crippen molar-refractivity contribution in [2.24, 2.45) is 5.73 Å². The highest BCUT2D eigenvalue weighted by Crippen LogP contribution is 2.15. The minimum Gasteiger partial charge on any atom is -0.468 e. The molecule has 0 spiro atoms. The number of esters is 1. The molecule has 0 bridgehead atoms. The van der Waals surface area contributed by atoms with Crippen LogP contribution in [0.1, 0.15) is 25.0 Å². The van der Waals surface area contributed by atoms with E-state index in [0.717, 1.165) is 11.1 Å². The molecule has 0 radical (unpaired) electrons. The van der Waals surface area contributed by atoms with E-state index in [0.29, 0.717) is 13.1 Å². The molecule has 0 atom stereocenters. The summed E-state index contributed by atoms with van der Waals surface area (Å²) < 4.78 is 18.0. The highest BCUT2D eigenvalue weighted by atomic mass is 19.1. The first-order valence-corrected chi connectivity index (χ1v) is 6.26. The molecule has 0 aromatic heterocycles. The predicted octanol–water partition coefficient (Wildman–Crippen LogP) is 1.67. The lowest BCUT2D eigenvalue weighted by Gasteiger charge is -2.26. The Morgan fingerprint density at radius 2 is 2.11 bits per heavy atom. The second-order valence-electron chi connectivity index (χ2n) is 4.69. The van der Waals surface area contributed by atoms with Crippen molar-refractivity contribution in [3.63, 3.8) is 0 Å². The first kappa shape index (κ1) is 15.6. The zero-order valence-electron chi connectivity index (χ0n) is 11.6. The van der Waals surface area contributed by atoms with Gasteiger partial charge >= 0.3 is 5.97 Å². The molecule has 19 heavy (non-hydrogen) atoms. The number of hydrogen-bond acceptors (Lipinski definition) is 4. The summed E-state index contributed by atoms with van der Waals surface area (Å²) >= 11 is 0. The maximum absolute atomic E-state index is 13.3. The number of nitrogens with zero attached hydrogens (tertiary/aromatic N) is 1. The molecule has 0 fully saturated rings. The zero-order chi connectivity index (χ0) is 14.4. The Morgan fingerprint density at radius 3 is 2.63 bits per heavy atom. The Kier molecular flexibility index (Phi) is 5.92. The average Bonchev–Trinajstić information content (AvgIpc) is 2.37. The molecule has 1 aromatic carbocycles. The van der Waals surface area contributed by atoms with E-state index in [4.69, 9.17) is 5.73 Å². The van der Waals surface area contributed by atoms with Gasteiger partial charge in [0.2, 0.25) is 0 Å². The van der Waals surface area contributed by atoms with Crippen LogP contribution >= 0.6 is 0 Å². The summed E-state index contributed by atoms with van der Waals surface area (Å²) in [5.74, 6) is -0.603. The molecule has 2 N–H and O–H groups in total. The lowest BCUT2D eigenvalue weighted by molar-refractivity contribution is -0.142. The van der Waals surface area contributed by atoms with Crippen LogP contribution in [-0.4, -0.2) is 30.6 Å². The fourth-order valence-corrected chi connectivity index (χ4v) is 1.81. The molecule has 0 heterocycles. The van der Waals surface area contributed by atoms with Crippen molar-refractivity contribution in [1.82, 2.24) is 4.90 Å². The SMILES string of the molecule is COC(=O)CN(Cc1cc(F)ccc1CN)C(C)C. The minimum absolute atomic E-state index is 0.146. The molecule has 106 valence electrons. The Balaban J connectivity index is 2.89. The van der Waals surface area contributed by atoms with Gasteiger partial charge in [0.05, 0.1) is 13.7 Å². The number of nitrogens with two attached hydrogens (primary N) is 1. The highest BCUT2D eigenvalue weighted by Gasteiger charge is 2.16. The summed E-state index contributed by atoms with van der Waals surface area (Å²) in [7, 11) is 1.36. The van der Waals surface area contributed by atoms with Crippen LogP contribution in [0, 0.1) is 5.82 Å². The van der Waals surface area contributed by atoms with Crippen LogP contribution in [0.15, 0.2) is 18.2 Å². The number of halogens is 1. The summed E-state index contributed by atoms with van der Waals surface area (Å²) in [6.45, 7) is 4.94. The Hall–Kier alpha value is -1.46. The molecule has 0 aliphatic rings. The first-order valence-electron chi connectivity index (χ1n) is 6.26. The van der Waals surface area contributed by atoms with Crippen LogP contribution in [-0.2, 0) is 22.6 Å². The fourth-order valence-electron chi connectivity index (χ4n) is 1.81. The largest absolute Gasteiger partial charge is 0.468 e. The van der Waals surface area contributed by atoms with Crippen LogP contribution in [0.5, 0.6) is 0 Å². The van der Waals surface area contributed by atoms with Crippen molar-refractivity contribution >= 4 is 5.97 Å². The van der Waals surface area contributed by atoms with Crippen LogP contribution in [0.25, 0.3) is 0 Å². The zero-order valence-corrected chi connectivity index (χ0v) is 11.6. The standard InChI is InChI=1S/C14H21FN2O2/c1-10(2)17(9-14(18)19-3)8-12-6-13(15)5-4-11(12)7-16/h4-6,10H,7-9,16H2,1-3H3. The van der Waals surface area contributed by atoms with Crippen molar-refractivity contribution in [2.75, 3.05) is 13.7 Å². The molecule has 0 saturated heterocycles. The minimum atomic E-state index is -0.306. The number of carbonyl (C=O) groups excluding carboxylic acids is 1. The smallest absolute Gasteiger partial charge is 0.319 e. The third kappa shape index (κ3) is 4.61. The third-order valence-corrected chi connectivity index (χ3v) is 3.05. The summed E-state index contributed by atoms with van der Waals surface area (Å²) in [5.41, 5.74) is 7.34. The summed E-state index contributed by atoms with van der Waals surface area (Å²) in [6, 6.07) is 4.69. The van der Waals surface area contributed by atoms with E-state index in [1.807, 2.05) is 18.7 Å². The number of ether oxygens (including phenoxy) is 1. The molecular formula is C14H21FN2O2. The third-order valence-electron chi connectivity index (χ3n) is 3.05. The molecular weight excluding hydrogens is 247 g/mol. The van der Waals surface area contributed by atoms with Crippen molar-refractivity contribution in [1.29, 1.82) is 0 Å². The van der Waals surface area contributed by atoms with Crippen LogP contribution < -0.4 is 5.73 Å². The molecule has 0 saturated carbocycles. The topological polar surface area (TPSA) is 55.6 Å². The van der Waals surface area contributed by atoms with Gasteiger partial charge in [-0.05, 0) is 37.1 Å². The molecule has 5 heteroatoms. The first-order chi connectivity index (χ1) is 8.97. The molecule has 4 nitrogen and oxygen atoms in total. The number of carbonyl (C=O) groups is 1. The Bertz CT molecular complexity index is 435. The highest BCUT2D eigenvalue weighted by molar-refractivity contribution is 5.71. The van der Waals surface area contributed by atoms with Crippen LogP contribution in [0.2, 0.25) is 0 Å². The van der Waals surface area contributed by atoms with E-state index in [2.05, 4.69) is 4.74 Å². The second kappa shape index (κ2) is 7.21. The van der Waals surface area contributed by atoms with E-state index >= 15 is 0 Å². The maximum atomic E-state index is 13.3.